The van der Waals surface area contributed by atoms with Crippen molar-refractivity contribution in [3.63, 3.8) is 0 Å². The minimum atomic E-state index is -4.28. The quantitative estimate of drug-likeness (QED) is 0.303. The second kappa shape index (κ2) is 12.9. The van der Waals surface area contributed by atoms with Crippen LogP contribution in [-0.4, -0.2) is 82.3 Å². The van der Waals surface area contributed by atoms with Crippen LogP contribution < -0.4 is 15.2 Å². The number of phenolic OH excluding ortho intramolecular Hbond substituents is 1. The Morgan fingerprint density at radius 2 is 1.89 bits per heavy atom. The molecule has 2 aromatic heterocycles. The molecule has 1 fully saturated rings. The van der Waals surface area contributed by atoms with Crippen molar-refractivity contribution < 1.29 is 27.4 Å². The fraction of sp³-hybridized carbons (Fsp3) is 0.478. The average molecular weight is 553 g/mol. The summed E-state index contributed by atoms with van der Waals surface area (Å²) in [6.45, 7) is 9.84. The van der Waals surface area contributed by atoms with Crippen molar-refractivity contribution in [2.45, 2.75) is 45.7 Å². The van der Waals surface area contributed by atoms with Crippen LogP contribution in [0.1, 0.15) is 43.8 Å². The summed E-state index contributed by atoms with van der Waals surface area (Å²) < 4.78 is 49.9. The van der Waals surface area contributed by atoms with Gasteiger partial charge in [-0.2, -0.15) is 13.1 Å². The number of nitrogen functional groups attached to an aromatic ring is 1. The summed E-state index contributed by atoms with van der Waals surface area (Å²) in [5.74, 6) is -1.24. The van der Waals surface area contributed by atoms with E-state index in [0.717, 1.165) is 0 Å². The molecule has 3 aromatic rings. The predicted molar refractivity (Wildman–Crippen MR) is 139 cm³/mol. The van der Waals surface area contributed by atoms with Crippen molar-refractivity contribution in [3.05, 3.63) is 42.5 Å². The Hall–Kier alpha value is -3.40. The smallest absolute Gasteiger partial charge is 0.301 e. The first-order chi connectivity index (χ1) is 18.1. The standard InChI is InChI=1S/C17H18FN7O5S.C6H15N/c18-11-5-9(30-17(11)25-8-22-13-14(19)20-7-21-15(13)25)6-23-31(28,29)24-16(27)10-3-1-2-4-12(10)26;1-4-7(5-2)6-3/h1-4,7-9,11,17,23,26H,5-6H2,(H,24,27)(H2,19,20,21);4-6H2,1-3H3/t9-,11?,17+;/m0./s1. The van der Waals surface area contributed by atoms with E-state index in [0.29, 0.717) is 5.52 Å². The van der Waals surface area contributed by atoms with E-state index >= 15 is 0 Å². The highest BCUT2D eigenvalue weighted by Crippen LogP contribution is 2.33. The van der Waals surface area contributed by atoms with E-state index in [9.17, 15) is 22.7 Å². The van der Waals surface area contributed by atoms with Gasteiger partial charge in [0.2, 0.25) is 0 Å². The van der Waals surface area contributed by atoms with E-state index < -0.39 is 34.6 Å². The van der Waals surface area contributed by atoms with E-state index in [1.54, 1.807) is 4.72 Å². The first-order valence-corrected chi connectivity index (χ1v) is 13.6. The van der Waals surface area contributed by atoms with Crippen LogP contribution in [0.2, 0.25) is 0 Å². The number of nitrogens with two attached hydrogens (primary N) is 1. The van der Waals surface area contributed by atoms with Gasteiger partial charge in [0.1, 0.15) is 23.8 Å². The molecular formula is C23H33FN8O5S. The van der Waals surface area contributed by atoms with Gasteiger partial charge in [-0.3, -0.25) is 9.36 Å². The maximum absolute atomic E-state index is 14.6. The minimum absolute atomic E-state index is 0.0964. The van der Waals surface area contributed by atoms with Gasteiger partial charge >= 0.3 is 10.2 Å². The molecule has 3 atom stereocenters. The molecule has 208 valence electrons. The van der Waals surface area contributed by atoms with Gasteiger partial charge in [-0.25, -0.2) is 24.1 Å². The van der Waals surface area contributed by atoms with Crippen molar-refractivity contribution in [2.24, 2.45) is 0 Å². The fourth-order valence-corrected chi connectivity index (χ4v) is 4.72. The highest BCUT2D eigenvalue weighted by Gasteiger charge is 2.38. The van der Waals surface area contributed by atoms with E-state index in [4.69, 9.17) is 10.5 Å². The number of ether oxygens (including phenoxy) is 1. The van der Waals surface area contributed by atoms with E-state index in [1.165, 1.54) is 61.1 Å². The Balaban J connectivity index is 0.000000505. The molecule has 3 heterocycles. The van der Waals surface area contributed by atoms with Crippen molar-refractivity contribution in [2.75, 3.05) is 31.9 Å². The first kappa shape index (κ1) is 29.2. The molecule has 1 aromatic carbocycles. The highest BCUT2D eigenvalue weighted by atomic mass is 32.2. The number of hydrogen-bond donors (Lipinski definition) is 4. The second-order valence-corrected chi connectivity index (χ2v) is 9.90. The topological polar surface area (TPSA) is 178 Å². The molecule has 38 heavy (non-hydrogen) atoms. The van der Waals surface area contributed by atoms with Gasteiger partial charge in [0.15, 0.2) is 17.7 Å². The molecule has 1 saturated heterocycles. The summed E-state index contributed by atoms with van der Waals surface area (Å²) in [5.41, 5.74) is 6.11. The lowest BCUT2D eigenvalue weighted by Crippen LogP contribution is -2.43. The van der Waals surface area contributed by atoms with Crippen LogP contribution in [0.25, 0.3) is 11.2 Å². The lowest BCUT2D eigenvalue weighted by atomic mass is 10.2. The number of imidazole rings is 1. The summed E-state index contributed by atoms with van der Waals surface area (Å²) in [7, 11) is -4.28. The molecule has 0 bridgehead atoms. The van der Waals surface area contributed by atoms with Crippen molar-refractivity contribution in [3.8, 4) is 5.75 Å². The zero-order valence-corrected chi connectivity index (χ0v) is 22.2. The van der Waals surface area contributed by atoms with Crippen molar-refractivity contribution in [1.82, 2.24) is 33.9 Å². The number of para-hydroxylation sites is 1. The Bertz CT molecular complexity index is 1330. The zero-order chi connectivity index (χ0) is 27.9. The Labute approximate surface area is 220 Å². The lowest BCUT2D eigenvalue weighted by molar-refractivity contribution is -0.0139. The van der Waals surface area contributed by atoms with Crippen LogP contribution in [0.4, 0.5) is 10.2 Å². The van der Waals surface area contributed by atoms with Crippen LogP contribution in [0.15, 0.2) is 36.9 Å². The molecule has 1 amide bonds. The second-order valence-electron chi connectivity index (χ2n) is 8.40. The van der Waals surface area contributed by atoms with E-state index in [-0.39, 0.29) is 35.7 Å². The van der Waals surface area contributed by atoms with Crippen LogP contribution in [0, 0.1) is 0 Å². The van der Waals surface area contributed by atoms with Crippen LogP contribution in [0.3, 0.4) is 0 Å². The van der Waals surface area contributed by atoms with Gasteiger partial charge < -0.3 is 20.5 Å². The number of carbonyl (C=O) groups excluding carboxylic acids is 1. The molecule has 15 heteroatoms. The Morgan fingerprint density at radius 1 is 1.21 bits per heavy atom. The third-order valence-electron chi connectivity index (χ3n) is 6.01. The number of nitrogens with zero attached hydrogens (tertiary/aromatic N) is 5. The number of benzene rings is 1. The monoisotopic (exact) mass is 552 g/mol. The highest BCUT2D eigenvalue weighted by molar-refractivity contribution is 7.88. The number of phenols is 1. The molecule has 0 aliphatic carbocycles. The fourth-order valence-electron chi connectivity index (χ4n) is 3.89. The van der Waals surface area contributed by atoms with Gasteiger partial charge in [-0.05, 0) is 31.8 Å². The summed E-state index contributed by atoms with van der Waals surface area (Å²) in [4.78, 5) is 26.4. The third-order valence-corrected chi connectivity index (χ3v) is 7.01. The minimum Gasteiger partial charge on any atom is -0.507 e. The molecule has 0 spiro atoms. The number of anilines is 1. The number of aromatic nitrogens is 4. The van der Waals surface area contributed by atoms with Gasteiger partial charge in [0.05, 0.1) is 18.0 Å². The molecule has 1 aliphatic rings. The molecule has 4 rings (SSSR count). The van der Waals surface area contributed by atoms with E-state index in [2.05, 4.69) is 45.3 Å². The number of aromatic hydroxyl groups is 1. The Kier molecular flexibility index (Phi) is 9.90. The van der Waals surface area contributed by atoms with Gasteiger partial charge in [-0.15, -0.1) is 0 Å². The summed E-state index contributed by atoms with van der Waals surface area (Å²) in [6.07, 6.45) is -0.902. The van der Waals surface area contributed by atoms with Crippen molar-refractivity contribution >= 4 is 33.1 Å². The first-order valence-electron chi connectivity index (χ1n) is 12.1. The molecule has 1 aliphatic heterocycles. The summed E-state index contributed by atoms with van der Waals surface area (Å²) >= 11 is 0. The normalized spacial score (nSPS) is 19.3. The van der Waals surface area contributed by atoms with Crippen LogP contribution >= 0.6 is 0 Å². The third kappa shape index (κ3) is 7.12. The number of fused-ring (bicyclic) bond motifs is 1. The SMILES string of the molecule is CCN(CC)CC.Nc1ncnc2c1ncn2[C@@H]1O[C@H](CNS(=O)(=O)NC(=O)c2ccccc2O)CC1F. The van der Waals surface area contributed by atoms with E-state index in [1.807, 2.05) is 0 Å². The van der Waals surface area contributed by atoms with Crippen LogP contribution in [0.5, 0.6) is 5.75 Å². The largest absolute Gasteiger partial charge is 0.507 e. The number of amides is 1. The maximum Gasteiger partial charge on any atom is 0.301 e. The Morgan fingerprint density at radius 3 is 2.53 bits per heavy atom. The number of nitrogens with one attached hydrogen (secondary N) is 2. The number of hydrogen-bond acceptors (Lipinski definition) is 10. The summed E-state index contributed by atoms with van der Waals surface area (Å²) in [5, 5.41) is 9.66. The summed E-state index contributed by atoms with van der Waals surface area (Å²) in [6, 6.07) is 5.48. The van der Waals surface area contributed by atoms with Crippen molar-refractivity contribution in [1.29, 1.82) is 0 Å². The number of alkyl halides is 1. The van der Waals surface area contributed by atoms with Crippen LogP contribution in [-0.2, 0) is 14.9 Å². The molecule has 0 radical (unpaired) electrons. The average Bonchev–Trinajstić information content (AvgIpc) is 3.48. The molecule has 0 saturated carbocycles. The number of halogens is 1. The maximum atomic E-state index is 14.6. The van der Waals surface area contributed by atoms with Gasteiger partial charge in [0, 0.05) is 13.0 Å². The molecule has 5 N–H and O–H groups in total. The molecular weight excluding hydrogens is 519 g/mol. The number of rotatable bonds is 9. The zero-order valence-electron chi connectivity index (χ0n) is 21.4. The van der Waals surface area contributed by atoms with Gasteiger partial charge in [0.25, 0.3) is 5.91 Å². The molecule has 1 unspecified atom stereocenters. The lowest BCUT2D eigenvalue weighted by Gasteiger charge is -2.16. The molecule has 13 nitrogen and oxygen atoms in total. The van der Waals surface area contributed by atoms with Gasteiger partial charge in [-0.1, -0.05) is 32.9 Å². The predicted octanol–water partition coefficient (Wildman–Crippen LogP) is 1.35. The number of carbonyl (C=O) groups is 1.